The second-order valence-electron chi connectivity index (χ2n) is 4.20. The van der Waals surface area contributed by atoms with E-state index in [0.717, 1.165) is 10.0 Å². The van der Waals surface area contributed by atoms with Gasteiger partial charge in [0.25, 0.3) is 5.56 Å². The van der Waals surface area contributed by atoms with E-state index in [4.69, 9.17) is 9.47 Å². The van der Waals surface area contributed by atoms with Gasteiger partial charge in [0.15, 0.2) is 11.5 Å². The summed E-state index contributed by atoms with van der Waals surface area (Å²) in [5.41, 5.74) is 3.34. The van der Waals surface area contributed by atoms with Crippen molar-refractivity contribution in [1.29, 1.82) is 0 Å². The Kier molecular flexibility index (Phi) is 5.10. The van der Waals surface area contributed by atoms with Crippen LogP contribution in [0.2, 0.25) is 0 Å². The summed E-state index contributed by atoms with van der Waals surface area (Å²) >= 11 is 3.40. The van der Waals surface area contributed by atoms with Crippen molar-refractivity contribution in [2.24, 2.45) is 5.10 Å². The van der Waals surface area contributed by atoms with Gasteiger partial charge in [0.05, 0.1) is 24.9 Å². The maximum Gasteiger partial charge on any atom is 0.274 e. The zero-order valence-electron chi connectivity index (χ0n) is 12.2. The fraction of sp³-hybridized carbons (Fsp3) is 0.231. The van der Waals surface area contributed by atoms with Crippen molar-refractivity contribution in [3.8, 4) is 11.5 Å². The molecular formula is C13H14BrN5O3. The molecule has 0 fully saturated rings. The average molecular weight is 368 g/mol. The van der Waals surface area contributed by atoms with Gasteiger partial charge in [-0.05, 0) is 40.5 Å². The van der Waals surface area contributed by atoms with Crippen LogP contribution < -0.4 is 20.5 Å². The van der Waals surface area contributed by atoms with Gasteiger partial charge in [-0.1, -0.05) is 0 Å². The Morgan fingerprint density at radius 1 is 1.32 bits per heavy atom. The number of aryl methyl sites for hydroxylation is 1. The highest BCUT2D eigenvalue weighted by Gasteiger charge is 2.09. The molecule has 1 aromatic heterocycles. The zero-order chi connectivity index (χ0) is 16.1. The number of halogens is 1. The van der Waals surface area contributed by atoms with E-state index in [1.165, 1.54) is 0 Å². The predicted molar refractivity (Wildman–Crippen MR) is 85.9 cm³/mol. The van der Waals surface area contributed by atoms with Crippen LogP contribution in [-0.2, 0) is 0 Å². The van der Waals surface area contributed by atoms with E-state index >= 15 is 0 Å². The molecule has 9 heteroatoms. The Labute approximate surface area is 134 Å². The van der Waals surface area contributed by atoms with Crippen molar-refractivity contribution in [2.45, 2.75) is 6.92 Å². The molecule has 0 aliphatic heterocycles. The van der Waals surface area contributed by atoms with Crippen molar-refractivity contribution in [3.63, 3.8) is 0 Å². The van der Waals surface area contributed by atoms with Crippen LogP contribution in [0.3, 0.4) is 0 Å². The van der Waals surface area contributed by atoms with Gasteiger partial charge in [-0.2, -0.15) is 5.10 Å². The summed E-state index contributed by atoms with van der Waals surface area (Å²) in [5, 5.41) is 11.4. The van der Waals surface area contributed by atoms with Crippen molar-refractivity contribution in [2.75, 3.05) is 19.6 Å². The molecule has 116 valence electrons. The van der Waals surface area contributed by atoms with E-state index in [1.54, 1.807) is 33.4 Å². The topological polar surface area (TPSA) is 101 Å². The molecule has 0 spiro atoms. The number of H-pyrrole nitrogens is 1. The first-order valence-electron chi connectivity index (χ1n) is 6.19. The molecule has 2 aromatic rings. The summed E-state index contributed by atoms with van der Waals surface area (Å²) in [6.45, 7) is 1.57. The summed E-state index contributed by atoms with van der Waals surface area (Å²) in [6.07, 6.45) is 1.55. The predicted octanol–water partition coefficient (Wildman–Crippen LogP) is 1.70. The molecule has 2 rings (SSSR count). The summed E-state index contributed by atoms with van der Waals surface area (Å²) in [4.78, 5) is 13.9. The highest BCUT2D eigenvalue weighted by atomic mass is 79.9. The highest BCUT2D eigenvalue weighted by Crippen LogP contribution is 2.35. The van der Waals surface area contributed by atoms with E-state index in [9.17, 15) is 4.79 Å². The number of ether oxygens (including phenoxy) is 2. The molecule has 22 heavy (non-hydrogen) atoms. The number of hydrazone groups is 1. The van der Waals surface area contributed by atoms with E-state index < -0.39 is 0 Å². The molecule has 0 amide bonds. The minimum absolute atomic E-state index is 0.159. The number of aromatic amines is 1. The Morgan fingerprint density at radius 3 is 2.73 bits per heavy atom. The lowest BCUT2D eigenvalue weighted by Crippen LogP contribution is -2.15. The maximum absolute atomic E-state index is 11.4. The van der Waals surface area contributed by atoms with Crippen LogP contribution in [0.15, 0.2) is 26.5 Å². The van der Waals surface area contributed by atoms with Crippen LogP contribution >= 0.6 is 15.9 Å². The van der Waals surface area contributed by atoms with Gasteiger partial charge in [0.1, 0.15) is 5.69 Å². The van der Waals surface area contributed by atoms with Crippen LogP contribution in [0, 0.1) is 6.92 Å². The van der Waals surface area contributed by atoms with Crippen LogP contribution in [0.4, 0.5) is 5.95 Å². The van der Waals surface area contributed by atoms with Gasteiger partial charge in [-0.3, -0.25) is 9.78 Å². The zero-order valence-corrected chi connectivity index (χ0v) is 13.8. The molecule has 0 aliphatic carbocycles. The Bertz CT molecular complexity index is 760. The number of aromatic nitrogens is 3. The number of methoxy groups -OCH3 is 2. The number of nitrogens with one attached hydrogen (secondary N) is 2. The molecule has 1 heterocycles. The fourth-order valence-electron chi connectivity index (χ4n) is 1.62. The maximum atomic E-state index is 11.4. The lowest BCUT2D eigenvalue weighted by Gasteiger charge is -2.10. The van der Waals surface area contributed by atoms with E-state index in [2.05, 4.69) is 41.6 Å². The normalized spacial score (nSPS) is 10.7. The Morgan fingerprint density at radius 2 is 2.09 bits per heavy atom. The van der Waals surface area contributed by atoms with E-state index in [-0.39, 0.29) is 11.5 Å². The third-order valence-electron chi connectivity index (χ3n) is 2.70. The minimum Gasteiger partial charge on any atom is -0.493 e. The first kappa shape index (κ1) is 16.0. The number of nitrogens with zero attached hydrogens (tertiary/aromatic N) is 3. The molecule has 8 nitrogen and oxygen atoms in total. The number of anilines is 1. The van der Waals surface area contributed by atoms with Gasteiger partial charge >= 0.3 is 0 Å². The van der Waals surface area contributed by atoms with Gasteiger partial charge in [-0.15, -0.1) is 10.2 Å². The summed E-state index contributed by atoms with van der Waals surface area (Å²) in [7, 11) is 3.11. The van der Waals surface area contributed by atoms with Crippen LogP contribution in [-0.4, -0.2) is 35.6 Å². The van der Waals surface area contributed by atoms with Crippen molar-refractivity contribution < 1.29 is 9.47 Å². The lowest BCUT2D eigenvalue weighted by atomic mass is 10.2. The standard InChI is InChI=1S/C13H14BrN5O3/c1-7-12(20)16-13(19-17-7)18-15-6-8-4-9(14)11(22-3)10(5-8)21-2/h4-6H,1-3H3,(H2,16,18,19,20)/b15-6+. The number of hydrogen-bond acceptors (Lipinski definition) is 7. The van der Waals surface area contributed by atoms with Crippen molar-refractivity contribution >= 4 is 28.1 Å². The SMILES string of the molecule is COc1cc(/C=N/Nc2nnc(C)c(=O)[nH]2)cc(Br)c1OC. The monoisotopic (exact) mass is 367 g/mol. The Hall–Kier alpha value is -2.42. The molecule has 0 aliphatic rings. The molecule has 0 saturated carbocycles. The number of hydrogen-bond donors (Lipinski definition) is 2. The fourth-order valence-corrected chi connectivity index (χ4v) is 2.25. The van der Waals surface area contributed by atoms with E-state index in [0.29, 0.717) is 17.2 Å². The second-order valence-corrected chi connectivity index (χ2v) is 5.05. The largest absolute Gasteiger partial charge is 0.493 e. The number of rotatable bonds is 5. The smallest absolute Gasteiger partial charge is 0.274 e. The van der Waals surface area contributed by atoms with Gasteiger partial charge in [0, 0.05) is 0 Å². The molecular weight excluding hydrogens is 354 g/mol. The third-order valence-corrected chi connectivity index (χ3v) is 3.29. The summed E-state index contributed by atoms with van der Waals surface area (Å²) < 4.78 is 11.2. The minimum atomic E-state index is -0.318. The molecule has 0 saturated heterocycles. The van der Waals surface area contributed by atoms with Crippen molar-refractivity contribution in [1.82, 2.24) is 15.2 Å². The molecule has 0 unspecified atom stereocenters. The second kappa shape index (κ2) is 7.03. The third kappa shape index (κ3) is 3.61. The first-order chi connectivity index (χ1) is 10.5. The molecule has 0 bridgehead atoms. The summed E-state index contributed by atoms with van der Waals surface area (Å²) in [5.74, 6) is 1.33. The van der Waals surface area contributed by atoms with E-state index in [1.807, 2.05) is 6.07 Å². The molecule has 0 atom stereocenters. The first-order valence-corrected chi connectivity index (χ1v) is 6.98. The Balaban J connectivity index is 2.18. The van der Waals surface area contributed by atoms with Crippen LogP contribution in [0.1, 0.15) is 11.3 Å². The number of benzene rings is 1. The molecule has 0 radical (unpaired) electrons. The van der Waals surface area contributed by atoms with Crippen LogP contribution in [0.25, 0.3) is 0 Å². The summed E-state index contributed by atoms with van der Waals surface area (Å²) in [6, 6.07) is 3.58. The molecule has 2 N–H and O–H groups in total. The average Bonchev–Trinajstić information content (AvgIpc) is 2.50. The van der Waals surface area contributed by atoms with Crippen molar-refractivity contribution in [3.05, 3.63) is 38.2 Å². The lowest BCUT2D eigenvalue weighted by molar-refractivity contribution is 0.353. The van der Waals surface area contributed by atoms with Gasteiger partial charge < -0.3 is 9.47 Å². The van der Waals surface area contributed by atoms with Gasteiger partial charge in [0.2, 0.25) is 5.95 Å². The van der Waals surface area contributed by atoms with Crippen LogP contribution in [0.5, 0.6) is 11.5 Å². The molecule has 1 aromatic carbocycles. The quantitative estimate of drug-likeness (QED) is 0.615. The van der Waals surface area contributed by atoms with Gasteiger partial charge in [-0.25, -0.2) is 5.43 Å². The highest BCUT2D eigenvalue weighted by molar-refractivity contribution is 9.10.